The smallest absolute Gasteiger partial charge is 0.328 e. The molecular weight excluding hydrogens is 482 g/mol. The summed E-state index contributed by atoms with van der Waals surface area (Å²) in [5, 5.41) is 26.4. The SMILES string of the molecule is N#Cc1cc(Cl)ccc1C(=C(c1ccc(C=CC(=O)O)cc1)c1ccc(-c2cn[nH]c2)cc1)C1CCC1. The van der Waals surface area contributed by atoms with E-state index in [2.05, 4.69) is 40.5 Å². The second-order valence-electron chi connectivity index (χ2n) is 9.08. The summed E-state index contributed by atoms with van der Waals surface area (Å²) in [6, 6.07) is 24.1. The standard InChI is InChI=1S/C31H24ClN3O2/c32-27-13-14-28(25(16-27)17-33)31(22-2-1-3-22)30(23-7-4-20(5-8-23)6-15-29(36)37)24-11-9-21(10-12-24)26-18-34-35-19-26/h4-16,18-19,22H,1-3H2,(H,34,35)(H,36,37). The zero-order chi connectivity index (χ0) is 25.8. The Balaban J connectivity index is 1.71. The Morgan fingerprint density at radius 2 is 1.73 bits per heavy atom. The van der Waals surface area contributed by atoms with Gasteiger partial charge in [-0.2, -0.15) is 10.4 Å². The Hall–Kier alpha value is -4.40. The predicted octanol–water partition coefficient (Wildman–Crippen LogP) is 7.46. The van der Waals surface area contributed by atoms with E-state index >= 15 is 0 Å². The van der Waals surface area contributed by atoms with Crippen molar-refractivity contribution in [3.05, 3.63) is 118 Å². The molecule has 1 fully saturated rings. The highest BCUT2D eigenvalue weighted by atomic mass is 35.5. The first-order valence-electron chi connectivity index (χ1n) is 12.1. The van der Waals surface area contributed by atoms with Gasteiger partial charge in [-0.25, -0.2) is 4.79 Å². The number of nitriles is 1. The van der Waals surface area contributed by atoms with Crippen LogP contribution in [-0.4, -0.2) is 21.3 Å². The fourth-order valence-corrected chi connectivity index (χ4v) is 4.92. The van der Waals surface area contributed by atoms with Gasteiger partial charge in [0, 0.05) is 22.9 Å². The molecular formula is C31H24ClN3O2. The van der Waals surface area contributed by atoms with Crippen LogP contribution in [0.25, 0.3) is 28.3 Å². The molecule has 5 nitrogen and oxygen atoms in total. The quantitative estimate of drug-likeness (QED) is 0.201. The van der Waals surface area contributed by atoms with Crippen LogP contribution in [0.3, 0.4) is 0 Å². The number of nitrogens with zero attached hydrogens (tertiary/aromatic N) is 2. The van der Waals surface area contributed by atoms with E-state index in [1.165, 1.54) is 0 Å². The van der Waals surface area contributed by atoms with Crippen LogP contribution in [0.4, 0.5) is 0 Å². The predicted molar refractivity (Wildman–Crippen MR) is 147 cm³/mol. The summed E-state index contributed by atoms with van der Waals surface area (Å²) >= 11 is 6.25. The third kappa shape index (κ3) is 5.25. The Kier molecular flexibility index (Phi) is 7.02. The van der Waals surface area contributed by atoms with E-state index in [1.807, 2.05) is 42.6 Å². The lowest BCUT2D eigenvalue weighted by Gasteiger charge is -2.32. The highest BCUT2D eigenvalue weighted by molar-refractivity contribution is 6.30. The van der Waals surface area contributed by atoms with Crippen LogP contribution in [0.2, 0.25) is 5.02 Å². The van der Waals surface area contributed by atoms with Gasteiger partial charge in [-0.05, 0) is 75.9 Å². The fraction of sp³-hybridized carbons (Fsp3) is 0.129. The van der Waals surface area contributed by atoms with Gasteiger partial charge in [0.05, 0.1) is 17.8 Å². The van der Waals surface area contributed by atoms with Crippen molar-refractivity contribution in [2.24, 2.45) is 5.92 Å². The summed E-state index contributed by atoms with van der Waals surface area (Å²) in [4.78, 5) is 11.0. The molecule has 0 bridgehead atoms. The van der Waals surface area contributed by atoms with Crippen LogP contribution in [-0.2, 0) is 4.79 Å². The molecule has 0 atom stereocenters. The molecule has 37 heavy (non-hydrogen) atoms. The van der Waals surface area contributed by atoms with Gasteiger partial charge in [0.15, 0.2) is 0 Å². The van der Waals surface area contributed by atoms with Gasteiger partial charge in [0.2, 0.25) is 0 Å². The van der Waals surface area contributed by atoms with Crippen molar-refractivity contribution in [2.45, 2.75) is 19.3 Å². The second kappa shape index (κ2) is 10.7. The summed E-state index contributed by atoms with van der Waals surface area (Å²) in [5.41, 5.74) is 8.58. The first kappa shape index (κ1) is 24.3. The van der Waals surface area contributed by atoms with Gasteiger partial charge in [0.25, 0.3) is 0 Å². The number of carboxylic acids is 1. The van der Waals surface area contributed by atoms with Crippen LogP contribution in [0.1, 0.15) is 47.1 Å². The van der Waals surface area contributed by atoms with Crippen LogP contribution in [0.5, 0.6) is 0 Å². The fourth-order valence-electron chi connectivity index (χ4n) is 4.74. The van der Waals surface area contributed by atoms with Gasteiger partial charge >= 0.3 is 5.97 Å². The second-order valence-corrected chi connectivity index (χ2v) is 9.51. The number of aromatic amines is 1. The number of hydrogen-bond donors (Lipinski definition) is 2. The maximum atomic E-state index is 11.0. The van der Waals surface area contributed by atoms with E-state index in [1.54, 1.807) is 18.3 Å². The number of nitrogens with one attached hydrogen (secondary N) is 1. The van der Waals surface area contributed by atoms with E-state index in [-0.39, 0.29) is 0 Å². The van der Waals surface area contributed by atoms with Crippen molar-refractivity contribution >= 4 is 34.8 Å². The van der Waals surface area contributed by atoms with Gasteiger partial charge in [-0.1, -0.05) is 72.6 Å². The molecule has 0 radical (unpaired) electrons. The highest BCUT2D eigenvalue weighted by Gasteiger charge is 2.28. The molecule has 3 aromatic carbocycles. The summed E-state index contributed by atoms with van der Waals surface area (Å²) in [5.74, 6) is -0.662. The van der Waals surface area contributed by atoms with Crippen LogP contribution in [0, 0.1) is 17.2 Å². The normalized spacial score (nSPS) is 14.2. The van der Waals surface area contributed by atoms with Gasteiger partial charge in [-0.15, -0.1) is 0 Å². The van der Waals surface area contributed by atoms with Crippen molar-refractivity contribution in [3.8, 4) is 17.2 Å². The third-order valence-corrected chi connectivity index (χ3v) is 7.03. The number of halogens is 1. The molecule has 4 aromatic rings. The van der Waals surface area contributed by atoms with Crippen LogP contribution in [0.15, 0.2) is 85.2 Å². The van der Waals surface area contributed by atoms with E-state index in [0.717, 1.165) is 69.9 Å². The average Bonchev–Trinajstić information content (AvgIpc) is 3.42. The molecule has 1 heterocycles. The average molecular weight is 506 g/mol. The minimum atomic E-state index is -0.985. The molecule has 2 N–H and O–H groups in total. The summed E-state index contributed by atoms with van der Waals surface area (Å²) < 4.78 is 0. The molecule has 1 aromatic heterocycles. The molecule has 0 aliphatic heterocycles. The Morgan fingerprint density at radius 1 is 1.03 bits per heavy atom. The zero-order valence-corrected chi connectivity index (χ0v) is 20.7. The number of allylic oxidation sites excluding steroid dienone is 1. The third-order valence-electron chi connectivity index (χ3n) is 6.80. The molecule has 0 spiro atoms. The zero-order valence-electron chi connectivity index (χ0n) is 20.0. The number of carbonyl (C=O) groups is 1. The largest absolute Gasteiger partial charge is 0.478 e. The summed E-state index contributed by atoms with van der Waals surface area (Å²) in [6.07, 6.45) is 9.62. The lowest BCUT2D eigenvalue weighted by atomic mass is 9.72. The minimum absolute atomic E-state index is 0.323. The number of carboxylic acid groups (broad SMARTS) is 1. The molecule has 6 heteroatoms. The first-order valence-corrected chi connectivity index (χ1v) is 12.5. The lowest BCUT2D eigenvalue weighted by molar-refractivity contribution is -0.131. The van der Waals surface area contributed by atoms with Crippen LogP contribution < -0.4 is 0 Å². The van der Waals surface area contributed by atoms with E-state index < -0.39 is 5.97 Å². The van der Waals surface area contributed by atoms with E-state index in [0.29, 0.717) is 16.5 Å². The van der Waals surface area contributed by atoms with Gasteiger partial charge in [0.1, 0.15) is 0 Å². The molecule has 182 valence electrons. The molecule has 1 aliphatic carbocycles. The monoisotopic (exact) mass is 505 g/mol. The van der Waals surface area contributed by atoms with Gasteiger partial charge < -0.3 is 5.11 Å². The number of rotatable bonds is 7. The highest BCUT2D eigenvalue weighted by Crippen LogP contribution is 2.46. The molecule has 5 rings (SSSR count). The molecule has 1 aliphatic rings. The molecule has 0 unspecified atom stereocenters. The maximum absolute atomic E-state index is 11.0. The Labute approximate surface area is 220 Å². The number of aliphatic carboxylic acids is 1. The summed E-state index contributed by atoms with van der Waals surface area (Å²) in [7, 11) is 0. The van der Waals surface area contributed by atoms with Crippen molar-refractivity contribution in [1.29, 1.82) is 5.26 Å². The van der Waals surface area contributed by atoms with Gasteiger partial charge in [-0.3, -0.25) is 5.10 Å². The van der Waals surface area contributed by atoms with Crippen molar-refractivity contribution in [1.82, 2.24) is 10.2 Å². The Bertz CT molecular complexity index is 1520. The maximum Gasteiger partial charge on any atom is 0.328 e. The minimum Gasteiger partial charge on any atom is -0.478 e. The molecule has 0 amide bonds. The molecule has 1 saturated carbocycles. The van der Waals surface area contributed by atoms with Crippen molar-refractivity contribution < 1.29 is 9.90 Å². The first-order chi connectivity index (χ1) is 18.0. The van der Waals surface area contributed by atoms with Crippen LogP contribution >= 0.6 is 11.6 Å². The molecule has 0 saturated heterocycles. The summed E-state index contributed by atoms with van der Waals surface area (Å²) in [6.45, 7) is 0. The Morgan fingerprint density at radius 3 is 2.30 bits per heavy atom. The number of aromatic nitrogens is 2. The van der Waals surface area contributed by atoms with E-state index in [9.17, 15) is 10.1 Å². The topological polar surface area (TPSA) is 89.8 Å². The number of benzene rings is 3. The lowest BCUT2D eigenvalue weighted by Crippen LogP contribution is -2.16. The number of hydrogen-bond acceptors (Lipinski definition) is 3. The van der Waals surface area contributed by atoms with Crippen molar-refractivity contribution in [3.63, 3.8) is 0 Å². The van der Waals surface area contributed by atoms with E-state index in [4.69, 9.17) is 16.7 Å². The van der Waals surface area contributed by atoms with Crippen molar-refractivity contribution in [2.75, 3.05) is 0 Å². The number of H-pyrrole nitrogens is 1.